The molecule has 0 bridgehead atoms. The van der Waals surface area contributed by atoms with Crippen molar-refractivity contribution >= 4 is 22.8 Å². The van der Waals surface area contributed by atoms with Gasteiger partial charge in [0.05, 0.1) is 12.4 Å². The van der Waals surface area contributed by atoms with Crippen LogP contribution in [0, 0.1) is 0 Å². The van der Waals surface area contributed by atoms with Gasteiger partial charge in [0.15, 0.2) is 5.65 Å². The number of hydrogen-bond acceptors (Lipinski definition) is 5. The Bertz CT molecular complexity index is 573. The van der Waals surface area contributed by atoms with Gasteiger partial charge in [0, 0.05) is 5.71 Å². The minimum atomic E-state index is 0.0375. The normalized spacial score (nSPS) is 12.4. The predicted octanol–water partition coefficient (Wildman–Crippen LogP) is 2.64. The lowest BCUT2D eigenvalue weighted by Crippen LogP contribution is -2.08. The monoisotopic (exact) mass is 247 g/mol. The number of nitrogens with zero attached hydrogens (tertiary/aromatic N) is 4. The van der Waals surface area contributed by atoms with Crippen LogP contribution in [-0.2, 0) is 0 Å². The molecular weight excluding hydrogens is 230 g/mol. The van der Waals surface area contributed by atoms with E-state index in [2.05, 4.69) is 24.9 Å². The first kappa shape index (κ1) is 12.5. The summed E-state index contributed by atoms with van der Waals surface area (Å²) in [6.45, 7) is 7.88. The largest absolute Gasteiger partial charge is 0.473 e. The lowest BCUT2D eigenvalue weighted by molar-refractivity contribution is 0.235. The van der Waals surface area contributed by atoms with Crippen LogP contribution in [0.15, 0.2) is 11.3 Å². The first-order chi connectivity index (χ1) is 8.60. The zero-order chi connectivity index (χ0) is 13.1. The van der Waals surface area contributed by atoms with Gasteiger partial charge in [-0.05, 0) is 27.2 Å². The summed E-state index contributed by atoms with van der Waals surface area (Å²) in [6, 6.07) is 0. The standard InChI is InChI=1S/C12H17N5O/c1-5-8(4)15-12-16-10-9(13-6-14-10)11(17-12)18-7(2)3/h6-7H,5H2,1-4H3,(H,13,14,16,17). The molecule has 0 spiro atoms. The summed E-state index contributed by atoms with van der Waals surface area (Å²) in [6.07, 6.45) is 2.48. The molecule has 0 amide bonds. The molecule has 96 valence electrons. The van der Waals surface area contributed by atoms with E-state index in [4.69, 9.17) is 4.74 Å². The van der Waals surface area contributed by atoms with Gasteiger partial charge in [-0.25, -0.2) is 9.98 Å². The summed E-state index contributed by atoms with van der Waals surface area (Å²) in [5.41, 5.74) is 2.25. The van der Waals surface area contributed by atoms with E-state index < -0.39 is 0 Å². The smallest absolute Gasteiger partial charge is 0.254 e. The number of aromatic nitrogens is 4. The number of nitrogens with one attached hydrogen (secondary N) is 1. The summed E-state index contributed by atoms with van der Waals surface area (Å²) in [5.74, 6) is 0.889. The van der Waals surface area contributed by atoms with Crippen molar-refractivity contribution in [2.75, 3.05) is 0 Å². The fourth-order valence-corrected chi connectivity index (χ4v) is 1.40. The maximum Gasteiger partial charge on any atom is 0.254 e. The van der Waals surface area contributed by atoms with Crippen molar-refractivity contribution in [3.05, 3.63) is 6.33 Å². The quantitative estimate of drug-likeness (QED) is 0.842. The number of aliphatic imine (C=N–C) groups is 1. The van der Waals surface area contributed by atoms with Gasteiger partial charge in [0.25, 0.3) is 5.95 Å². The average molecular weight is 247 g/mol. The number of fused-ring (bicyclic) bond motifs is 1. The number of imidazole rings is 1. The van der Waals surface area contributed by atoms with Crippen molar-refractivity contribution in [3.63, 3.8) is 0 Å². The molecular formula is C12H17N5O. The molecule has 0 fully saturated rings. The molecule has 6 nitrogen and oxygen atoms in total. The maximum absolute atomic E-state index is 5.65. The van der Waals surface area contributed by atoms with Gasteiger partial charge in [-0.1, -0.05) is 6.92 Å². The van der Waals surface area contributed by atoms with E-state index >= 15 is 0 Å². The summed E-state index contributed by atoms with van der Waals surface area (Å²) in [4.78, 5) is 20.0. The van der Waals surface area contributed by atoms with Crippen LogP contribution < -0.4 is 4.74 Å². The summed E-state index contributed by atoms with van der Waals surface area (Å²) >= 11 is 0. The molecule has 0 saturated carbocycles. The van der Waals surface area contributed by atoms with E-state index in [1.165, 1.54) is 0 Å². The molecule has 0 aliphatic heterocycles. The molecule has 2 aromatic heterocycles. The minimum absolute atomic E-state index is 0.0375. The number of H-pyrrole nitrogens is 1. The predicted molar refractivity (Wildman–Crippen MR) is 70.5 cm³/mol. The number of aromatic amines is 1. The van der Waals surface area contributed by atoms with Crippen molar-refractivity contribution in [2.45, 2.75) is 40.2 Å². The molecule has 6 heteroatoms. The SMILES string of the molecule is CCC(C)=Nc1nc(OC(C)C)c2[nH]cnc2n1. The second-order valence-corrected chi connectivity index (χ2v) is 4.30. The average Bonchev–Trinajstić information content (AvgIpc) is 2.76. The molecule has 0 aromatic carbocycles. The van der Waals surface area contributed by atoms with Crippen molar-refractivity contribution in [3.8, 4) is 5.88 Å². The van der Waals surface area contributed by atoms with E-state index in [0.717, 1.165) is 12.1 Å². The fourth-order valence-electron chi connectivity index (χ4n) is 1.40. The molecule has 0 unspecified atom stereocenters. The number of hydrogen-bond donors (Lipinski definition) is 1. The summed E-state index contributed by atoms with van der Waals surface area (Å²) in [7, 11) is 0. The molecule has 2 heterocycles. The van der Waals surface area contributed by atoms with Crippen LogP contribution in [0.4, 0.5) is 5.95 Å². The molecule has 0 atom stereocenters. The first-order valence-corrected chi connectivity index (χ1v) is 6.02. The summed E-state index contributed by atoms with van der Waals surface area (Å²) in [5, 5.41) is 0. The zero-order valence-electron chi connectivity index (χ0n) is 11.1. The highest BCUT2D eigenvalue weighted by Crippen LogP contribution is 2.23. The van der Waals surface area contributed by atoms with E-state index in [9.17, 15) is 0 Å². The molecule has 0 saturated heterocycles. The fraction of sp³-hybridized carbons (Fsp3) is 0.500. The third kappa shape index (κ3) is 2.64. The Morgan fingerprint density at radius 3 is 2.89 bits per heavy atom. The highest BCUT2D eigenvalue weighted by atomic mass is 16.5. The van der Waals surface area contributed by atoms with E-state index in [-0.39, 0.29) is 6.10 Å². The lowest BCUT2D eigenvalue weighted by atomic mass is 10.3. The van der Waals surface area contributed by atoms with Gasteiger partial charge in [0.2, 0.25) is 5.88 Å². The van der Waals surface area contributed by atoms with Crippen LogP contribution >= 0.6 is 0 Å². The van der Waals surface area contributed by atoms with E-state index in [0.29, 0.717) is 23.0 Å². The second-order valence-electron chi connectivity index (χ2n) is 4.30. The third-order valence-corrected chi connectivity index (χ3v) is 2.39. The molecule has 0 aliphatic rings. The first-order valence-electron chi connectivity index (χ1n) is 6.02. The Morgan fingerprint density at radius 1 is 1.44 bits per heavy atom. The Kier molecular flexibility index (Phi) is 3.55. The minimum Gasteiger partial charge on any atom is -0.473 e. The Hall–Kier alpha value is -1.98. The van der Waals surface area contributed by atoms with Crippen LogP contribution in [0.5, 0.6) is 5.88 Å². The summed E-state index contributed by atoms with van der Waals surface area (Å²) < 4.78 is 5.65. The van der Waals surface area contributed by atoms with Crippen molar-refractivity contribution in [1.82, 2.24) is 19.9 Å². The van der Waals surface area contributed by atoms with Crippen molar-refractivity contribution in [1.29, 1.82) is 0 Å². The Morgan fingerprint density at radius 2 is 2.22 bits per heavy atom. The van der Waals surface area contributed by atoms with Crippen LogP contribution in [0.3, 0.4) is 0 Å². The van der Waals surface area contributed by atoms with Gasteiger partial charge < -0.3 is 9.72 Å². The molecule has 18 heavy (non-hydrogen) atoms. The molecule has 2 aromatic rings. The van der Waals surface area contributed by atoms with Gasteiger partial charge in [-0.15, -0.1) is 0 Å². The maximum atomic E-state index is 5.65. The molecule has 1 N–H and O–H groups in total. The zero-order valence-corrected chi connectivity index (χ0v) is 11.1. The third-order valence-electron chi connectivity index (χ3n) is 2.39. The van der Waals surface area contributed by atoms with Crippen LogP contribution in [-0.4, -0.2) is 31.8 Å². The molecule has 0 radical (unpaired) electrons. The van der Waals surface area contributed by atoms with Gasteiger partial charge in [0.1, 0.15) is 5.52 Å². The molecule has 0 aliphatic carbocycles. The van der Waals surface area contributed by atoms with Crippen LogP contribution in [0.1, 0.15) is 34.1 Å². The van der Waals surface area contributed by atoms with E-state index in [1.54, 1.807) is 6.33 Å². The Balaban J connectivity index is 2.50. The lowest BCUT2D eigenvalue weighted by Gasteiger charge is -2.09. The van der Waals surface area contributed by atoms with Gasteiger partial charge >= 0.3 is 0 Å². The van der Waals surface area contributed by atoms with Crippen LogP contribution in [0.2, 0.25) is 0 Å². The number of ether oxygens (including phenoxy) is 1. The number of rotatable bonds is 4. The topological polar surface area (TPSA) is 76.1 Å². The second kappa shape index (κ2) is 5.12. The highest BCUT2D eigenvalue weighted by Gasteiger charge is 2.12. The van der Waals surface area contributed by atoms with Crippen molar-refractivity contribution < 1.29 is 4.74 Å². The molecule has 2 rings (SSSR count). The van der Waals surface area contributed by atoms with Gasteiger partial charge in [-0.2, -0.15) is 9.97 Å². The Labute approximate surface area is 106 Å². The van der Waals surface area contributed by atoms with Gasteiger partial charge in [-0.3, -0.25) is 0 Å². The van der Waals surface area contributed by atoms with Crippen LogP contribution in [0.25, 0.3) is 11.2 Å². The highest BCUT2D eigenvalue weighted by molar-refractivity contribution is 5.84. The van der Waals surface area contributed by atoms with E-state index in [1.807, 2.05) is 27.7 Å². The van der Waals surface area contributed by atoms with Crippen molar-refractivity contribution in [2.24, 2.45) is 4.99 Å².